The van der Waals surface area contributed by atoms with Crippen molar-refractivity contribution in [3.8, 4) is 0 Å². The van der Waals surface area contributed by atoms with Crippen LogP contribution in [-0.4, -0.2) is 59.6 Å². The number of fused-ring (bicyclic) bond motifs is 1. The SMILES string of the molecule is CC(=O)N1CC[C@]2(c3ccccc3)CCN(CCO)C[C@H]12. The molecule has 1 amide bonds. The minimum Gasteiger partial charge on any atom is -0.395 e. The molecule has 2 aliphatic rings. The highest BCUT2D eigenvalue weighted by Gasteiger charge is 2.51. The van der Waals surface area contributed by atoms with Crippen molar-refractivity contribution in [1.29, 1.82) is 0 Å². The molecule has 0 spiro atoms. The molecular weight excluding hydrogens is 264 g/mol. The van der Waals surface area contributed by atoms with Crippen molar-refractivity contribution in [3.63, 3.8) is 0 Å². The molecule has 3 rings (SSSR count). The third-order valence-electron chi connectivity index (χ3n) is 5.29. The lowest BCUT2D eigenvalue weighted by molar-refractivity contribution is -0.131. The van der Waals surface area contributed by atoms with E-state index in [-0.39, 0.29) is 24.0 Å². The van der Waals surface area contributed by atoms with Crippen molar-refractivity contribution in [2.24, 2.45) is 0 Å². The van der Waals surface area contributed by atoms with Gasteiger partial charge in [0.2, 0.25) is 5.91 Å². The van der Waals surface area contributed by atoms with Crippen LogP contribution in [0.25, 0.3) is 0 Å². The van der Waals surface area contributed by atoms with E-state index in [0.29, 0.717) is 6.54 Å². The van der Waals surface area contributed by atoms with E-state index in [4.69, 9.17) is 0 Å². The van der Waals surface area contributed by atoms with E-state index in [2.05, 4.69) is 29.2 Å². The number of amides is 1. The molecule has 1 N–H and O–H groups in total. The number of β-amino-alcohol motifs (C(OH)–C–C–N with tert-alkyl or cyclic N) is 1. The third-order valence-corrected chi connectivity index (χ3v) is 5.29. The number of benzene rings is 1. The number of carbonyl (C=O) groups is 1. The van der Waals surface area contributed by atoms with Gasteiger partial charge in [-0.3, -0.25) is 9.69 Å². The number of rotatable bonds is 3. The smallest absolute Gasteiger partial charge is 0.219 e. The second-order valence-corrected chi connectivity index (χ2v) is 6.27. The lowest BCUT2D eigenvalue weighted by Gasteiger charge is -2.46. The molecule has 0 aromatic heterocycles. The lowest BCUT2D eigenvalue weighted by Crippen LogP contribution is -2.56. The summed E-state index contributed by atoms with van der Waals surface area (Å²) in [6.45, 7) is 5.28. The molecular formula is C17H24N2O2. The fourth-order valence-electron chi connectivity index (χ4n) is 4.17. The molecule has 0 bridgehead atoms. The van der Waals surface area contributed by atoms with Gasteiger partial charge >= 0.3 is 0 Å². The van der Waals surface area contributed by atoms with Crippen LogP contribution in [0.3, 0.4) is 0 Å². The van der Waals surface area contributed by atoms with Gasteiger partial charge in [-0.15, -0.1) is 0 Å². The monoisotopic (exact) mass is 288 g/mol. The molecule has 0 aliphatic carbocycles. The van der Waals surface area contributed by atoms with Crippen LogP contribution in [0.4, 0.5) is 0 Å². The summed E-state index contributed by atoms with van der Waals surface area (Å²) in [6.07, 6.45) is 2.11. The number of carbonyl (C=O) groups excluding carboxylic acids is 1. The van der Waals surface area contributed by atoms with Crippen molar-refractivity contribution in [2.75, 3.05) is 32.8 Å². The zero-order chi connectivity index (χ0) is 14.9. The molecule has 1 aromatic rings. The molecule has 2 heterocycles. The van der Waals surface area contributed by atoms with Crippen molar-refractivity contribution in [3.05, 3.63) is 35.9 Å². The highest BCUT2D eigenvalue weighted by molar-refractivity contribution is 5.74. The Hall–Kier alpha value is -1.39. The summed E-state index contributed by atoms with van der Waals surface area (Å²) in [5.74, 6) is 0.170. The number of hydrogen-bond donors (Lipinski definition) is 1. The maximum atomic E-state index is 12.0. The average Bonchev–Trinajstić information content (AvgIpc) is 2.89. The molecule has 4 nitrogen and oxygen atoms in total. The van der Waals surface area contributed by atoms with Crippen molar-refractivity contribution in [2.45, 2.75) is 31.2 Å². The minimum atomic E-state index is 0.0961. The van der Waals surface area contributed by atoms with E-state index in [0.717, 1.165) is 32.5 Å². The maximum absolute atomic E-state index is 12.0. The fraction of sp³-hybridized carbons (Fsp3) is 0.588. The van der Waals surface area contributed by atoms with Gasteiger partial charge in [-0.2, -0.15) is 0 Å². The third kappa shape index (κ3) is 2.47. The number of hydrogen-bond acceptors (Lipinski definition) is 3. The summed E-state index contributed by atoms with van der Waals surface area (Å²) in [5, 5.41) is 9.19. The zero-order valence-corrected chi connectivity index (χ0v) is 12.7. The van der Waals surface area contributed by atoms with Crippen molar-refractivity contribution >= 4 is 5.91 Å². The summed E-state index contributed by atoms with van der Waals surface area (Å²) in [4.78, 5) is 16.3. The number of aliphatic hydroxyl groups excluding tert-OH is 1. The molecule has 21 heavy (non-hydrogen) atoms. The van der Waals surface area contributed by atoms with Crippen LogP contribution in [0, 0.1) is 0 Å². The first-order valence-electron chi connectivity index (χ1n) is 7.83. The topological polar surface area (TPSA) is 43.8 Å². The first kappa shape index (κ1) is 14.5. The first-order chi connectivity index (χ1) is 10.2. The quantitative estimate of drug-likeness (QED) is 0.910. The van der Waals surface area contributed by atoms with E-state index in [1.807, 2.05) is 11.0 Å². The summed E-state index contributed by atoms with van der Waals surface area (Å²) in [6, 6.07) is 10.9. The van der Waals surface area contributed by atoms with Crippen LogP contribution in [0.5, 0.6) is 0 Å². The molecule has 4 heteroatoms. The Kier molecular flexibility index (Phi) is 4.00. The summed E-state index contributed by atoms with van der Waals surface area (Å²) in [7, 11) is 0. The average molecular weight is 288 g/mol. The van der Waals surface area contributed by atoms with Gasteiger partial charge in [0.1, 0.15) is 0 Å². The fourth-order valence-corrected chi connectivity index (χ4v) is 4.17. The van der Waals surface area contributed by atoms with E-state index in [1.165, 1.54) is 5.56 Å². The zero-order valence-electron chi connectivity index (χ0n) is 12.7. The van der Waals surface area contributed by atoms with Gasteiger partial charge in [-0.05, 0) is 24.9 Å². The van der Waals surface area contributed by atoms with E-state index in [9.17, 15) is 9.90 Å². The number of likely N-dealkylation sites (tertiary alicyclic amines) is 2. The Bertz CT molecular complexity index is 505. The second-order valence-electron chi connectivity index (χ2n) is 6.27. The highest BCUT2D eigenvalue weighted by atomic mass is 16.3. The van der Waals surface area contributed by atoms with Gasteiger partial charge in [0.15, 0.2) is 0 Å². The van der Waals surface area contributed by atoms with Gasteiger partial charge in [0, 0.05) is 32.0 Å². The van der Waals surface area contributed by atoms with E-state index < -0.39 is 0 Å². The van der Waals surface area contributed by atoms with Crippen LogP contribution in [0.1, 0.15) is 25.3 Å². The predicted octanol–water partition coefficient (Wildman–Crippen LogP) is 1.24. The largest absolute Gasteiger partial charge is 0.395 e. The van der Waals surface area contributed by atoms with Gasteiger partial charge in [0.25, 0.3) is 0 Å². The number of nitrogens with zero attached hydrogens (tertiary/aromatic N) is 2. The van der Waals surface area contributed by atoms with Crippen molar-refractivity contribution < 1.29 is 9.90 Å². The summed E-state index contributed by atoms with van der Waals surface area (Å²) >= 11 is 0. The molecule has 2 atom stereocenters. The van der Waals surface area contributed by atoms with Gasteiger partial charge in [-0.25, -0.2) is 0 Å². The second kappa shape index (κ2) is 5.78. The van der Waals surface area contributed by atoms with Crippen molar-refractivity contribution in [1.82, 2.24) is 9.80 Å². The van der Waals surface area contributed by atoms with Crippen LogP contribution in [0.2, 0.25) is 0 Å². The standard InChI is InChI=1S/C17H24N2O2/c1-14(21)19-10-8-17(15-5-3-2-4-6-15)7-9-18(11-12-20)13-16(17)19/h2-6,16,20H,7-13H2,1H3/t16-,17-/m0/s1. The predicted molar refractivity (Wildman–Crippen MR) is 82.1 cm³/mol. The maximum Gasteiger partial charge on any atom is 0.219 e. The molecule has 2 aliphatic heterocycles. The molecule has 1 aromatic carbocycles. The normalized spacial score (nSPS) is 29.4. The van der Waals surface area contributed by atoms with Gasteiger partial charge in [-0.1, -0.05) is 30.3 Å². The molecule has 114 valence electrons. The summed E-state index contributed by atoms with van der Waals surface area (Å²) in [5.41, 5.74) is 1.46. The highest BCUT2D eigenvalue weighted by Crippen LogP contribution is 2.45. The molecule has 0 radical (unpaired) electrons. The Morgan fingerprint density at radius 3 is 2.67 bits per heavy atom. The van der Waals surface area contributed by atoms with Crippen LogP contribution in [0.15, 0.2) is 30.3 Å². The Balaban J connectivity index is 1.93. The lowest BCUT2D eigenvalue weighted by atomic mass is 9.69. The van der Waals surface area contributed by atoms with Gasteiger partial charge in [0.05, 0.1) is 12.6 Å². The van der Waals surface area contributed by atoms with Crippen LogP contribution < -0.4 is 0 Å². The van der Waals surface area contributed by atoms with Gasteiger partial charge < -0.3 is 10.0 Å². The summed E-state index contributed by atoms with van der Waals surface area (Å²) < 4.78 is 0. The van der Waals surface area contributed by atoms with E-state index >= 15 is 0 Å². The molecule has 2 fully saturated rings. The Morgan fingerprint density at radius 1 is 1.29 bits per heavy atom. The van der Waals surface area contributed by atoms with Crippen LogP contribution >= 0.6 is 0 Å². The van der Waals surface area contributed by atoms with Crippen LogP contribution in [-0.2, 0) is 10.2 Å². The Morgan fingerprint density at radius 2 is 2.00 bits per heavy atom. The first-order valence-corrected chi connectivity index (χ1v) is 7.83. The minimum absolute atomic E-state index is 0.0961. The molecule has 0 unspecified atom stereocenters. The molecule has 0 saturated carbocycles. The number of aliphatic hydroxyl groups is 1. The van der Waals surface area contributed by atoms with E-state index in [1.54, 1.807) is 6.92 Å². The number of piperidine rings is 1. The Labute approximate surface area is 126 Å². The molecule has 2 saturated heterocycles.